The first kappa shape index (κ1) is 16.7. The van der Waals surface area contributed by atoms with Crippen LogP contribution in [-0.2, 0) is 16.0 Å². The highest BCUT2D eigenvalue weighted by atomic mass is 35.5. The maximum atomic E-state index is 12.1. The predicted molar refractivity (Wildman–Crippen MR) is 77.8 cm³/mol. The molecule has 0 radical (unpaired) electrons. The lowest BCUT2D eigenvalue weighted by Gasteiger charge is -2.27. The lowest BCUT2D eigenvalue weighted by molar-refractivity contribution is 0.0184. The number of pyridine rings is 1. The van der Waals surface area contributed by atoms with Crippen LogP contribution in [0, 0.1) is 0 Å². The van der Waals surface area contributed by atoms with Gasteiger partial charge >= 0.3 is 6.09 Å². The molecule has 20 heavy (non-hydrogen) atoms. The van der Waals surface area contributed by atoms with Crippen LogP contribution in [0.2, 0.25) is 5.15 Å². The summed E-state index contributed by atoms with van der Waals surface area (Å²) in [4.78, 5) is 17.7. The summed E-state index contributed by atoms with van der Waals surface area (Å²) in [6, 6.07) is 3.53. The molecule has 0 aliphatic rings. The summed E-state index contributed by atoms with van der Waals surface area (Å²) in [6.45, 7) is 6.81. The molecule has 0 bridgehead atoms. The van der Waals surface area contributed by atoms with E-state index in [0.717, 1.165) is 5.56 Å². The molecule has 5 nitrogen and oxygen atoms in total. The molecule has 0 aromatic carbocycles. The van der Waals surface area contributed by atoms with Crippen LogP contribution in [0.1, 0.15) is 26.3 Å². The zero-order valence-electron chi connectivity index (χ0n) is 12.4. The number of rotatable bonds is 5. The smallest absolute Gasteiger partial charge is 0.410 e. The highest BCUT2D eigenvalue weighted by Crippen LogP contribution is 2.13. The van der Waals surface area contributed by atoms with Gasteiger partial charge in [-0.05, 0) is 32.4 Å². The predicted octanol–water partition coefficient (Wildman–Crippen LogP) is 3.12. The Hall–Kier alpha value is -1.33. The average Bonchev–Trinajstić information content (AvgIpc) is 2.34. The summed E-state index contributed by atoms with van der Waals surface area (Å²) >= 11 is 5.75. The number of methoxy groups -OCH3 is 1. The monoisotopic (exact) mass is 300 g/mol. The lowest BCUT2D eigenvalue weighted by Crippen LogP contribution is -2.38. The molecule has 0 spiro atoms. The zero-order valence-corrected chi connectivity index (χ0v) is 13.1. The summed E-state index contributed by atoms with van der Waals surface area (Å²) in [5.74, 6) is 0. The lowest BCUT2D eigenvalue weighted by atomic mass is 10.2. The van der Waals surface area contributed by atoms with Gasteiger partial charge < -0.3 is 14.4 Å². The van der Waals surface area contributed by atoms with Gasteiger partial charge in [0.15, 0.2) is 0 Å². The fourth-order valence-electron chi connectivity index (χ4n) is 1.48. The maximum Gasteiger partial charge on any atom is 0.410 e. The molecule has 1 amide bonds. The Balaban J connectivity index is 2.73. The molecule has 1 aromatic rings. The third kappa shape index (κ3) is 6.21. The van der Waals surface area contributed by atoms with Crippen molar-refractivity contribution in [3.63, 3.8) is 0 Å². The van der Waals surface area contributed by atoms with Crippen LogP contribution >= 0.6 is 11.6 Å². The van der Waals surface area contributed by atoms with Crippen molar-refractivity contribution in [3.8, 4) is 0 Å². The van der Waals surface area contributed by atoms with E-state index < -0.39 is 5.60 Å². The van der Waals surface area contributed by atoms with Crippen LogP contribution in [-0.4, -0.2) is 41.8 Å². The minimum atomic E-state index is -0.527. The fourth-order valence-corrected chi connectivity index (χ4v) is 1.60. The number of nitrogens with zero attached hydrogens (tertiary/aromatic N) is 2. The number of aromatic nitrogens is 1. The van der Waals surface area contributed by atoms with Gasteiger partial charge in [0.1, 0.15) is 10.8 Å². The van der Waals surface area contributed by atoms with Gasteiger partial charge in [-0.1, -0.05) is 17.7 Å². The Morgan fingerprint density at radius 1 is 1.40 bits per heavy atom. The van der Waals surface area contributed by atoms with E-state index in [2.05, 4.69) is 4.98 Å². The number of carbonyl (C=O) groups excluding carboxylic acids is 1. The molecule has 0 aliphatic carbocycles. The largest absolute Gasteiger partial charge is 0.444 e. The van der Waals surface area contributed by atoms with E-state index in [9.17, 15) is 4.79 Å². The molecule has 1 heterocycles. The van der Waals surface area contributed by atoms with E-state index in [1.807, 2.05) is 26.8 Å². The molecule has 0 saturated heterocycles. The van der Waals surface area contributed by atoms with Crippen LogP contribution in [0.25, 0.3) is 0 Å². The summed E-state index contributed by atoms with van der Waals surface area (Å²) in [6.07, 6.45) is 1.27. The van der Waals surface area contributed by atoms with Crippen molar-refractivity contribution in [2.45, 2.75) is 32.9 Å². The average molecular weight is 301 g/mol. The molecule has 0 atom stereocenters. The van der Waals surface area contributed by atoms with Crippen LogP contribution in [0.15, 0.2) is 18.3 Å². The summed E-state index contributed by atoms with van der Waals surface area (Å²) in [7, 11) is 1.59. The van der Waals surface area contributed by atoms with E-state index in [-0.39, 0.29) is 6.09 Å². The number of carbonyl (C=O) groups is 1. The van der Waals surface area contributed by atoms with Gasteiger partial charge in [-0.25, -0.2) is 9.78 Å². The molecule has 0 fully saturated rings. The van der Waals surface area contributed by atoms with E-state index >= 15 is 0 Å². The van der Waals surface area contributed by atoms with Crippen molar-refractivity contribution < 1.29 is 14.3 Å². The first-order chi connectivity index (χ1) is 9.31. The SMILES string of the molecule is COCCN(Cc1ccc(Cl)nc1)C(=O)OC(C)(C)C. The first-order valence-corrected chi connectivity index (χ1v) is 6.77. The summed E-state index contributed by atoms with van der Waals surface area (Å²) < 4.78 is 10.4. The van der Waals surface area contributed by atoms with Gasteiger partial charge in [0.25, 0.3) is 0 Å². The van der Waals surface area contributed by atoms with Crippen LogP contribution in [0.5, 0.6) is 0 Å². The maximum absolute atomic E-state index is 12.1. The first-order valence-electron chi connectivity index (χ1n) is 6.39. The van der Waals surface area contributed by atoms with Gasteiger partial charge in [-0.2, -0.15) is 0 Å². The van der Waals surface area contributed by atoms with Crippen molar-refractivity contribution in [1.29, 1.82) is 0 Å². The second-order valence-electron chi connectivity index (χ2n) is 5.38. The van der Waals surface area contributed by atoms with Crippen molar-refractivity contribution in [3.05, 3.63) is 29.0 Å². The topological polar surface area (TPSA) is 51.7 Å². The quantitative estimate of drug-likeness (QED) is 0.784. The summed E-state index contributed by atoms with van der Waals surface area (Å²) in [5.41, 5.74) is 0.358. The van der Waals surface area contributed by atoms with Crippen molar-refractivity contribution in [2.75, 3.05) is 20.3 Å². The van der Waals surface area contributed by atoms with E-state index in [0.29, 0.717) is 24.8 Å². The Labute approximate surface area is 124 Å². The minimum Gasteiger partial charge on any atom is -0.444 e. The standard InChI is InChI=1S/C14H21ClN2O3/c1-14(2,3)20-13(18)17(7-8-19-4)10-11-5-6-12(15)16-9-11/h5-6,9H,7-8,10H2,1-4H3. The number of ether oxygens (including phenoxy) is 2. The third-order valence-electron chi connectivity index (χ3n) is 2.38. The van der Waals surface area contributed by atoms with Gasteiger partial charge in [0, 0.05) is 19.9 Å². The molecule has 1 aromatic heterocycles. The minimum absolute atomic E-state index is 0.371. The number of hydrogen-bond acceptors (Lipinski definition) is 4. The molecule has 1 rings (SSSR count). The molecular weight excluding hydrogens is 280 g/mol. The number of hydrogen-bond donors (Lipinski definition) is 0. The number of halogens is 1. The Kier molecular flexibility index (Phi) is 6.23. The molecular formula is C14H21ClN2O3. The molecule has 0 aliphatic heterocycles. The second-order valence-corrected chi connectivity index (χ2v) is 5.77. The van der Waals surface area contributed by atoms with E-state index in [1.165, 1.54) is 0 Å². The van der Waals surface area contributed by atoms with Crippen LogP contribution in [0.3, 0.4) is 0 Å². The van der Waals surface area contributed by atoms with Gasteiger partial charge in [0.05, 0.1) is 13.2 Å². The normalized spacial score (nSPS) is 11.2. The van der Waals surface area contributed by atoms with Crippen molar-refractivity contribution in [1.82, 2.24) is 9.88 Å². The third-order valence-corrected chi connectivity index (χ3v) is 2.60. The summed E-state index contributed by atoms with van der Waals surface area (Å²) in [5, 5.41) is 0.425. The highest BCUT2D eigenvalue weighted by molar-refractivity contribution is 6.29. The van der Waals surface area contributed by atoms with Gasteiger partial charge in [0.2, 0.25) is 0 Å². The Morgan fingerprint density at radius 3 is 2.60 bits per heavy atom. The van der Waals surface area contributed by atoms with E-state index in [1.54, 1.807) is 24.3 Å². The number of amides is 1. The molecule has 6 heteroatoms. The van der Waals surface area contributed by atoms with Crippen molar-refractivity contribution >= 4 is 17.7 Å². The van der Waals surface area contributed by atoms with Crippen LogP contribution in [0.4, 0.5) is 4.79 Å². The van der Waals surface area contributed by atoms with Crippen LogP contribution < -0.4 is 0 Å². The Bertz CT molecular complexity index is 429. The molecule has 112 valence electrons. The Morgan fingerprint density at radius 2 is 2.10 bits per heavy atom. The molecule has 0 unspecified atom stereocenters. The van der Waals surface area contributed by atoms with Crippen molar-refractivity contribution in [2.24, 2.45) is 0 Å². The second kappa shape index (κ2) is 7.45. The van der Waals surface area contributed by atoms with Gasteiger partial charge in [-0.15, -0.1) is 0 Å². The molecule has 0 saturated carbocycles. The fraction of sp³-hybridized carbons (Fsp3) is 0.571. The molecule has 0 N–H and O–H groups in total. The highest BCUT2D eigenvalue weighted by Gasteiger charge is 2.22. The van der Waals surface area contributed by atoms with E-state index in [4.69, 9.17) is 21.1 Å². The zero-order chi connectivity index (χ0) is 15.2. The van der Waals surface area contributed by atoms with Gasteiger partial charge in [-0.3, -0.25) is 0 Å².